The number of carbonyl (C=O) groups is 1. The lowest BCUT2D eigenvalue weighted by Crippen LogP contribution is -2.30. The van der Waals surface area contributed by atoms with E-state index in [0.717, 1.165) is 28.9 Å². The van der Waals surface area contributed by atoms with Crippen LogP contribution in [0.25, 0.3) is 0 Å². The van der Waals surface area contributed by atoms with Crippen LogP contribution in [0, 0.1) is 0 Å². The molecule has 3 rings (SSSR count). The molecule has 4 nitrogen and oxygen atoms in total. The van der Waals surface area contributed by atoms with E-state index in [-0.39, 0.29) is 5.91 Å². The van der Waals surface area contributed by atoms with Crippen molar-refractivity contribution in [3.63, 3.8) is 0 Å². The molecule has 2 aromatic carbocycles. The quantitative estimate of drug-likeness (QED) is 0.824. The van der Waals surface area contributed by atoms with Gasteiger partial charge in [-0.2, -0.15) is 0 Å². The van der Waals surface area contributed by atoms with E-state index in [4.69, 9.17) is 4.74 Å². The summed E-state index contributed by atoms with van der Waals surface area (Å²) in [4.78, 5) is 15.1. The van der Waals surface area contributed by atoms with E-state index >= 15 is 0 Å². The summed E-state index contributed by atoms with van der Waals surface area (Å²) in [6, 6.07) is 13.4. The lowest BCUT2D eigenvalue weighted by Gasteiger charge is -2.30. The molecule has 126 valence electrons. The van der Waals surface area contributed by atoms with Crippen LogP contribution >= 0.6 is 15.9 Å². The number of rotatable bonds is 4. The second kappa shape index (κ2) is 7.71. The van der Waals surface area contributed by atoms with Crippen molar-refractivity contribution in [1.82, 2.24) is 0 Å². The van der Waals surface area contributed by atoms with Gasteiger partial charge in [-0.1, -0.05) is 28.1 Å². The Morgan fingerprint density at radius 2 is 1.88 bits per heavy atom. The predicted octanol–water partition coefficient (Wildman–Crippen LogP) is 4.70. The molecule has 24 heavy (non-hydrogen) atoms. The first-order valence-corrected chi connectivity index (χ1v) is 8.97. The SMILES string of the molecule is COc1ccc(Br)cc1C(=O)Nc1ccccc1N1CCCCC1. The first-order valence-electron chi connectivity index (χ1n) is 8.18. The molecule has 1 heterocycles. The number of nitrogens with zero attached hydrogens (tertiary/aromatic N) is 1. The molecule has 1 aliphatic heterocycles. The van der Waals surface area contributed by atoms with Gasteiger partial charge in [0.25, 0.3) is 5.91 Å². The van der Waals surface area contributed by atoms with Crippen molar-refractivity contribution in [3.8, 4) is 5.75 Å². The van der Waals surface area contributed by atoms with Gasteiger partial charge in [-0.05, 0) is 49.6 Å². The highest BCUT2D eigenvalue weighted by molar-refractivity contribution is 9.10. The number of nitrogens with one attached hydrogen (secondary N) is 1. The fourth-order valence-electron chi connectivity index (χ4n) is 3.04. The molecule has 1 N–H and O–H groups in total. The van der Waals surface area contributed by atoms with Gasteiger partial charge in [-0.3, -0.25) is 4.79 Å². The minimum atomic E-state index is -0.169. The summed E-state index contributed by atoms with van der Waals surface area (Å²) in [7, 11) is 1.57. The van der Waals surface area contributed by atoms with Gasteiger partial charge in [0.2, 0.25) is 0 Å². The molecule has 2 aromatic rings. The van der Waals surface area contributed by atoms with Gasteiger partial charge in [-0.25, -0.2) is 0 Å². The number of para-hydroxylation sites is 2. The molecule has 0 radical (unpaired) electrons. The zero-order valence-corrected chi connectivity index (χ0v) is 15.3. The van der Waals surface area contributed by atoms with Crippen LogP contribution in [0.15, 0.2) is 46.9 Å². The van der Waals surface area contributed by atoms with Gasteiger partial charge < -0.3 is 15.0 Å². The fraction of sp³-hybridized carbons (Fsp3) is 0.316. The monoisotopic (exact) mass is 388 g/mol. The molecular formula is C19H21BrN2O2. The summed E-state index contributed by atoms with van der Waals surface area (Å²) in [6.07, 6.45) is 3.67. The number of carbonyl (C=O) groups excluding carboxylic acids is 1. The van der Waals surface area contributed by atoms with Crippen molar-refractivity contribution in [1.29, 1.82) is 0 Å². The number of benzene rings is 2. The Kier molecular flexibility index (Phi) is 5.41. The van der Waals surface area contributed by atoms with Crippen LogP contribution < -0.4 is 15.0 Å². The summed E-state index contributed by atoms with van der Waals surface area (Å²) in [5.41, 5.74) is 2.44. The van der Waals surface area contributed by atoms with E-state index in [1.807, 2.05) is 24.3 Å². The van der Waals surface area contributed by atoms with Crippen LogP contribution in [-0.2, 0) is 0 Å². The Labute approximate surface area is 150 Å². The molecule has 5 heteroatoms. The Balaban J connectivity index is 1.86. The second-order valence-electron chi connectivity index (χ2n) is 5.86. The summed E-state index contributed by atoms with van der Waals surface area (Å²) in [6.45, 7) is 2.07. The van der Waals surface area contributed by atoms with Gasteiger partial charge in [-0.15, -0.1) is 0 Å². The molecule has 0 aromatic heterocycles. The van der Waals surface area contributed by atoms with E-state index in [0.29, 0.717) is 11.3 Å². The van der Waals surface area contributed by atoms with Crippen LogP contribution in [0.4, 0.5) is 11.4 Å². The van der Waals surface area contributed by atoms with Gasteiger partial charge >= 0.3 is 0 Å². The van der Waals surface area contributed by atoms with Crippen molar-refractivity contribution in [2.45, 2.75) is 19.3 Å². The molecule has 0 spiro atoms. The highest BCUT2D eigenvalue weighted by Crippen LogP contribution is 2.30. The summed E-state index contributed by atoms with van der Waals surface area (Å²) >= 11 is 3.41. The molecule has 0 saturated carbocycles. The molecule has 0 aliphatic carbocycles. The van der Waals surface area contributed by atoms with E-state index in [1.165, 1.54) is 19.3 Å². The first kappa shape index (κ1) is 16.8. The average Bonchev–Trinajstić information content (AvgIpc) is 2.63. The normalized spacial score (nSPS) is 14.3. The van der Waals surface area contributed by atoms with Crippen molar-refractivity contribution in [3.05, 3.63) is 52.5 Å². The summed E-state index contributed by atoms with van der Waals surface area (Å²) in [5.74, 6) is 0.392. The zero-order chi connectivity index (χ0) is 16.9. The van der Waals surface area contributed by atoms with Crippen LogP contribution in [0.3, 0.4) is 0 Å². The molecule has 0 atom stereocenters. The van der Waals surface area contributed by atoms with Gasteiger partial charge in [0.1, 0.15) is 5.75 Å². The number of ether oxygens (including phenoxy) is 1. The van der Waals surface area contributed by atoms with Gasteiger partial charge in [0.05, 0.1) is 24.0 Å². The minimum absolute atomic E-state index is 0.169. The first-order chi connectivity index (χ1) is 11.7. The van der Waals surface area contributed by atoms with Gasteiger partial charge in [0, 0.05) is 17.6 Å². The standard InChI is InChI=1S/C19H21BrN2O2/c1-24-18-10-9-14(20)13-15(18)19(23)21-16-7-3-4-8-17(16)22-11-5-2-6-12-22/h3-4,7-10,13H,2,5-6,11-12H2,1H3,(H,21,23). The number of methoxy groups -OCH3 is 1. The maximum atomic E-state index is 12.8. The number of halogens is 1. The number of amides is 1. The van der Waals surface area contributed by atoms with Crippen LogP contribution in [0.1, 0.15) is 29.6 Å². The van der Waals surface area contributed by atoms with Crippen molar-refractivity contribution >= 4 is 33.2 Å². The molecular weight excluding hydrogens is 368 g/mol. The van der Waals surface area contributed by atoms with E-state index in [1.54, 1.807) is 19.2 Å². The average molecular weight is 389 g/mol. The molecule has 0 bridgehead atoms. The molecule has 1 fully saturated rings. The third-order valence-corrected chi connectivity index (χ3v) is 4.75. The van der Waals surface area contributed by atoms with Crippen LogP contribution in [0.5, 0.6) is 5.75 Å². The maximum Gasteiger partial charge on any atom is 0.259 e. The second-order valence-corrected chi connectivity index (χ2v) is 6.78. The largest absolute Gasteiger partial charge is 0.496 e. The zero-order valence-electron chi connectivity index (χ0n) is 13.7. The number of anilines is 2. The third kappa shape index (κ3) is 3.73. The topological polar surface area (TPSA) is 41.6 Å². The van der Waals surface area contributed by atoms with Crippen molar-refractivity contribution < 1.29 is 9.53 Å². The number of hydrogen-bond donors (Lipinski definition) is 1. The summed E-state index contributed by atoms with van der Waals surface area (Å²) < 4.78 is 6.16. The Hall–Kier alpha value is -2.01. The van der Waals surface area contributed by atoms with E-state index < -0.39 is 0 Å². The Bertz CT molecular complexity index is 727. The van der Waals surface area contributed by atoms with E-state index in [9.17, 15) is 4.79 Å². The Morgan fingerprint density at radius 3 is 2.62 bits per heavy atom. The van der Waals surface area contributed by atoms with Crippen molar-refractivity contribution in [2.24, 2.45) is 0 Å². The fourth-order valence-corrected chi connectivity index (χ4v) is 3.40. The highest BCUT2D eigenvalue weighted by Gasteiger charge is 2.18. The lowest BCUT2D eigenvalue weighted by atomic mass is 10.1. The highest BCUT2D eigenvalue weighted by atomic mass is 79.9. The van der Waals surface area contributed by atoms with Crippen LogP contribution in [0.2, 0.25) is 0 Å². The van der Waals surface area contributed by atoms with Gasteiger partial charge in [0.15, 0.2) is 0 Å². The number of piperidine rings is 1. The minimum Gasteiger partial charge on any atom is -0.496 e. The van der Waals surface area contributed by atoms with Crippen molar-refractivity contribution in [2.75, 3.05) is 30.4 Å². The maximum absolute atomic E-state index is 12.8. The Morgan fingerprint density at radius 1 is 1.12 bits per heavy atom. The summed E-state index contributed by atoms with van der Waals surface area (Å²) in [5, 5.41) is 3.04. The molecule has 1 saturated heterocycles. The van der Waals surface area contributed by atoms with E-state index in [2.05, 4.69) is 32.2 Å². The lowest BCUT2D eigenvalue weighted by molar-refractivity contribution is 0.102. The molecule has 1 amide bonds. The molecule has 1 aliphatic rings. The number of hydrogen-bond acceptors (Lipinski definition) is 3. The third-order valence-electron chi connectivity index (χ3n) is 4.26. The predicted molar refractivity (Wildman–Crippen MR) is 101 cm³/mol. The smallest absolute Gasteiger partial charge is 0.259 e. The molecule has 0 unspecified atom stereocenters. The van der Waals surface area contributed by atoms with Crippen LogP contribution in [-0.4, -0.2) is 26.1 Å².